The number of benzene rings is 1. The Morgan fingerprint density at radius 1 is 1.08 bits per heavy atom. The summed E-state index contributed by atoms with van der Waals surface area (Å²) in [4.78, 5) is 12.9. The van der Waals surface area contributed by atoms with Crippen LogP contribution in [-0.2, 0) is 4.74 Å². The molecule has 5 rings (SSSR count). The van der Waals surface area contributed by atoms with E-state index in [0.717, 1.165) is 24.7 Å². The Bertz CT molecular complexity index is 1170. The lowest BCUT2D eigenvalue weighted by Gasteiger charge is -2.57. The standard InChI is InChI=1S/C35H50N2O2/c1-21(2)8-7-9-22(3)30-13-15-35(6)31-11-10-24-19-28(39-33(38)25-17-26(36)20-27(37)18-25)16-23(4)32(24)29(31)12-14-34(30,35)5/h7,9-11,17-18,20-23,28-30,32H,8,12-16,19,36-37H2,1-6H3/b9-7+. The number of hydrogen-bond donors (Lipinski definition) is 2. The summed E-state index contributed by atoms with van der Waals surface area (Å²) >= 11 is 0. The molecular weight excluding hydrogens is 480 g/mol. The van der Waals surface area contributed by atoms with E-state index in [0.29, 0.717) is 46.0 Å². The van der Waals surface area contributed by atoms with Gasteiger partial charge in [-0.3, -0.25) is 0 Å². The summed E-state index contributed by atoms with van der Waals surface area (Å²) in [7, 11) is 0. The van der Waals surface area contributed by atoms with Crippen LogP contribution in [0, 0.1) is 46.3 Å². The number of ether oxygens (including phenoxy) is 1. The first-order valence-electron chi connectivity index (χ1n) is 15.4. The number of fused-ring (bicyclic) bond motifs is 5. The van der Waals surface area contributed by atoms with Gasteiger partial charge in [0.15, 0.2) is 0 Å². The van der Waals surface area contributed by atoms with Gasteiger partial charge in [0.1, 0.15) is 6.10 Å². The number of nitrogens with two attached hydrogens (primary N) is 2. The third kappa shape index (κ3) is 4.98. The van der Waals surface area contributed by atoms with Crippen LogP contribution in [0.4, 0.5) is 11.4 Å². The number of anilines is 2. The summed E-state index contributed by atoms with van der Waals surface area (Å²) in [6, 6.07) is 4.96. The molecule has 0 aromatic heterocycles. The van der Waals surface area contributed by atoms with Gasteiger partial charge in [0.05, 0.1) is 5.56 Å². The number of esters is 1. The zero-order valence-corrected chi connectivity index (χ0v) is 25.0. The van der Waals surface area contributed by atoms with Crippen molar-refractivity contribution in [2.75, 3.05) is 11.5 Å². The molecule has 4 aliphatic rings. The first-order valence-corrected chi connectivity index (χ1v) is 15.4. The molecule has 212 valence electrons. The van der Waals surface area contributed by atoms with E-state index in [1.54, 1.807) is 23.8 Å². The second-order valence-corrected chi connectivity index (χ2v) is 14.2. The fourth-order valence-electron chi connectivity index (χ4n) is 9.18. The monoisotopic (exact) mass is 530 g/mol. The maximum Gasteiger partial charge on any atom is 0.338 e. The van der Waals surface area contributed by atoms with Gasteiger partial charge in [0, 0.05) is 17.8 Å². The number of carbonyl (C=O) groups is 1. The molecule has 4 heteroatoms. The van der Waals surface area contributed by atoms with Crippen molar-refractivity contribution in [1.82, 2.24) is 0 Å². The van der Waals surface area contributed by atoms with E-state index in [9.17, 15) is 4.79 Å². The number of hydrogen-bond acceptors (Lipinski definition) is 4. The summed E-state index contributed by atoms with van der Waals surface area (Å²) in [5, 5.41) is 0. The molecule has 3 saturated carbocycles. The average Bonchev–Trinajstić information content (AvgIpc) is 3.14. The van der Waals surface area contributed by atoms with Crippen molar-refractivity contribution in [2.24, 2.45) is 46.3 Å². The van der Waals surface area contributed by atoms with Crippen LogP contribution in [0.15, 0.2) is 53.6 Å². The molecule has 3 fully saturated rings. The fourth-order valence-corrected chi connectivity index (χ4v) is 9.18. The minimum absolute atomic E-state index is 0.105. The van der Waals surface area contributed by atoms with Crippen molar-refractivity contribution < 1.29 is 9.53 Å². The lowest BCUT2D eigenvalue weighted by molar-refractivity contribution is -0.00435. The summed E-state index contributed by atoms with van der Waals surface area (Å²) in [5.41, 5.74) is 17.0. The third-order valence-electron chi connectivity index (χ3n) is 11.3. The van der Waals surface area contributed by atoms with Gasteiger partial charge in [0.2, 0.25) is 0 Å². The quantitative estimate of drug-likeness (QED) is 0.220. The van der Waals surface area contributed by atoms with Gasteiger partial charge in [-0.25, -0.2) is 4.79 Å². The molecule has 0 amide bonds. The van der Waals surface area contributed by atoms with Gasteiger partial charge in [-0.15, -0.1) is 0 Å². The molecule has 0 bridgehead atoms. The second-order valence-electron chi connectivity index (χ2n) is 14.2. The van der Waals surface area contributed by atoms with Gasteiger partial charge in [-0.1, -0.05) is 77.0 Å². The summed E-state index contributed by atoms with van der Waals surface area (Å²) in [5.74, 6) is 3.42. The molecule has 1 aromatic rings. The maximum absolute atomic E-state index is 12.9. The van der Waals surface area contributed by atoms with E-state index >= 15 is 0 Å². The average molecular weight is 531 g/mol. The Morgan fingerprint density at radius 3 is 2.49 bits per heavy atom. The van der Waals surface area contributed by atoms with Crippen LogP contribution < -0.4 is 11.5 Å². The highest BCUT2D eigenvalue weighted by atomic mass is 16.5. The molecule has 0 heterocycles. The van der Waals surface area contributed by atoms with Gasteiger partial charge >= 0.3 is 5.97 Å². The first kappa shape index (κ1) is 28.1. The predicted molar refractivity (Wildman–Crippen MR) is 162 cm³/mol. The van der Waals surface area contributed by atoms with Crippen LogP contribution in [0.1, 0.15) is 96.8 Å². The number of rotatable bonds is 6. The highest BCUT2D eigenvalue weighted by molar-refractivity contribution is 5.91. The molecule has 0 aliphatic heterocycles. The van der Waals surface area contributed by atoms with E-state index < -0.39 is 0 Å². The van der Waals surface area contributed by atoms with Crippen LogP contribution in [0.5, 0.6) is 0 Å². The van der Waals surface area contributed by atoms with Crippen LogP contribution >= 0.6 is 0 Å². The fraction of sp³-hybridized carbons (Fsp3) is 0.629. The van der Waals surface area contributed by atoms with Crippen LogP contribution in [-0.4, -0.2) is 12.1 Å². The van der Waals surface area contributed by atoms with Crippen LogP contribution in [0.25, 0.3) is 0 Å². The molecule has 0 radical (unpaired) electrons. The number of allylic oxidation sites excluding steroid dienone is 5. The van der Waals surface area contributed by atoms with Crippen LogP contribution in [0.2, 0.25) is 0 Å². The van der Waals surface area contributed by atoms with Crippen LogP contribution in [0.3, 0.4) is 0 Å². The van der Waals surface area contributed by atoms with E-state index in [2.05, 4.69) is 65.8 Å². The normalized spacial score (nSPS) is 36.5. The van der Waals surface area contributed by atoms with Gasteiger partial charge in [-0.05, 0) is 103 Å². The topological polar surface area (TPSA) is 78.3 Å². The molecule has 1 aromatic carbocycles. The number of carbonyl (C=O) groups excluding carboxylic acids is 1. The Balaban J connectivity index is 1.34. The smallest absolute Gasteiger partial charge is 0.338 e. The van der Waals surface area contributed by atoms with Crippen molar-refractivity contribution in [3.05, 3.63) is 59.2 Å². The van der Waals surface area contributed by atoms with E-state index in [1.807, 2.05) is 0 Å². The molecule has 0 spiro atoms. The lowest BCUT2D eigenvalue weighted by atomic mass is 9.47. The second kappa shape index (κ2) is 10.5. The highest BCUT2D eigenvalue weighted by Crippen LogP contribution is 2.70. The van der Waals surface area contributed by atoms with E-state index in [1.165, 1.54) is 37.7 Å². The minimum Gasteiger partial charge on any atom is -0.458 e. The molecule has 39 heavy (non-hydrogen) atoms. The van der Waals surface area contributed by atoms with Gasteiger partial charge in [-0.2, -0.15) is 0 Å². The van der Waals surface area contributed by atoms with Gasteiger partial charge < -0.3 is 16.2 Å². The summed E-state index contributed by atoms with van der Waals surface area (Å²) < 4.78 is 6.02. The molecule has 0 saturated heterocycles. The van der Waals surface area contributed by atoms with Crippen molar-refractivity contribution in [1.29, 1.82) is 0 Å². The molecule has 4 aliphatic carbocycles. The molecule has 4 nitrogen and oxygen atoms in total. The van der Waals surface area contributed by atoms with Crippen molar-refractivity contribution >= 4 is 17.3 Å². The molecular formula is C35H50N2O2. The van der Waals surface area contributed by atoms with E-state index in [-0.39, 0.29) is 17.5 Å². The largest absolute Gasteiger partial charge is 0.458 e. The zero-order valence-electron chi connectivity index (χ0n) is 25.0. The SMILES string of the molecule is CC(C)C/C=C/C(C)C1CCC2(C)C3=CC=C4CC(OC(=O)c5cc(N)cc(N)c5)CC(C)C4C3CCC12C. The third-order valence-corrected chi connectivity index (χ3v) is 11.3. The maximum atomic E-state index is 12.9. The molecule has 8 atom stereocenters. The van der Waals surface area contributed by atoms with E-state index in [4.69, 9.17) is 16.2 Å². The molecule has 8 unspecified atom stereocenters. The van der Waals surface area contributed by atoms with Gasteiger partial charge in [0.25, 0.3) is 0 Å². The van der Waals surface area contributed by atoms with Crippen molar-refractivity contribution in [3.8, 4) is 0 Å². The molecule has 4 N–H and O–H groups in total. The number of nitrogen functional groups attached to an aromatic ring is 2. The first-order chi connectivity index (χ1) is 18.4. The lowest BCUT2D eigenvalue weighted by Crippen LogP contribution is -2.49. The summed E-state index contributed by atoms with van der Waals surface area (Å²) in [6.45, 7) is 14.6. The highest BCUT2D eigenvalue weighted by Gasteiger charge is 2.61. The Kier molecular flexibility index (Phi) is 7.54. The Morgan fingerprint density at radius 2 is 1.79 bits per heavy atom. The summed E-state index contributed by atoms with van der Waals surface area (Å²) in [6.07, 6.45) is 17.9. The minimum atomic E-state index is -0.327. The van der Waals surface area contributed by atoms with Crippen molar-refractivity contribution in [2.45, 2.75) is 92.6 Å². The Labute approximate surface area is 236 Å². The predicted octanol–water partition coefficient (Wildman–Crippen LogP) is 8.36. The Hall–Kier alpha value is -2.49. The zero-order chi connectivity index (χ0) is 28.1. The van der Waals surface area contributed by atoms with Crippen molar-refractivity contribution in [3.63, 3.8) is 0 Å².